The number of thiol groups is 1. The highest BCUT2D eigenvalue weighted by Crippen LogP contribution is 2.59. The van der Waals surface area contributed by atoms with Gasteiger partial charge in [-0.3, -0.25) is 0 Å². The Bertz CT molecular complexity index is 445. The van der Waals surface area contributed by atoms with E-state index in [1.54, 1.807) is 0 Å². The molecule has 0 radical (unpaired) electrons. The highest BCUT2D eigenvalue weighted by Gasteiger charge is 2.18. The second kappa shape index (κ2) is 3.83. The van der Waals surface area contributed by atoms with Crippen LogP contribution < -0.4 is 4.72 Å². The molecule has 1 aliphatic rings. The van der Waals surface area contributed by atoms with Crippen LogP contribution >= 0.6 is 20.9 Å². The van der Waals surface area contributed by atoms with E-state index in [9.17, 15) is 0 Å². The van der Waals surface area contributed by atoms with E-state index in [0.29, 0.717) is 0 Å². The number of hydrogen-bond acceptors (Lipinski definition) is 2. The van der Waals surface area contributed by atoms with Crippen LogP contribution in [0.25, 0.3) is 0 Å². The minimum Gasteiger partial charge on any atom is -0.336 e. The molecule has 0 aliphatic carbocycles. The molecule has 0 spiro atoms. The lowest BCUT2D eigenvalue weighted by Gasteiger charge is -2.14. The highest BCUT2D eigenvalue weighted by atomic mass is 33.1. The summed E-state index contributed by atoms with van der Waals surface area (Å²) in [6, 6.07) is 19.1. The molecule has 15 heavy (non-hydrogen) atoms. The highest BCUT2D eigenvalue weighted by molar-refractivity contribution is 8.86. The summed E-state index contributed by atoms with van der Waals surface area (Å²) in [5.74, 6) is 0. The fourth-order valence-electron chi connectivity index (χ4n) is 1.55. The van der Waals surface area contributed by atoms with Gasteiger partial charge in [0.1, 0.15) is 0 Å². The molecular formula is C12H11NS2. The standard InChI is InChI=1S/C12H11NS2/c1-2-6-10(7-3-1)15-13-11-8-4-5-9-12(11)14-15/h1-9,13,15H. The van der Waals surface area contributed by atoms with Crippen molar-refractivity contribution < 1.29 is 0 Å². The van der Waals surface area contributed by atoms with Gasteiger partial charge < -0.3 is 4.72 Å². The van der Waals surface area contributed by atoms with Gasteiger partial charge in [0, 0.05) is 9.79 Å². The average Bonchev–Trinajstić information content (AvgIpc) is 2.74. The van der Waals surface area contributed by atoms with E-state index in [4.69, 9.17) is 0 Å². The van der Waals surface area contributed by atoms with Gasteiger partial charge in [0.15, 0.2) is 0 Å². The van der Waals surface area contributed by atoms with Gasteiger partial charge in [0.2, 0.25) is 0 Å². The summed E-state index contributed by atoms with van der Waals surface area (Å²) in [5, 5.41) is 0. The SMILES string of the molecule is c1ccc([SH]2Nc3ccccc3S2)cc1. The van der Waals surface area contributed by atoms with E-state index in [-0.39, 0.29) is 10.1 Å². The van der Waals surface area contributed by atoms with Crippen molar-refractivity contribution in [1.82, 2.24) is 0 Å². The molecule has 0 fully saturated rings. The van der Waals surface area contributed by atoms with Crippen LogP contribution in [0.4, 0.5) is 5.69 Å². The number of para-hydroxylation sites is 1. The van der Waals surface area contributed by atoms with Gasteiger partial charge >= 0.3 is 0 Å². The summed E-state index contributed by atoms with van der Waals surface area (Å²) in [7, 11) is 1.64. The van der Waals surface area contributed by atoms with Crippen molar-refractivity contribution in [2.24, 2.45) is 0 Å². The average molecular weight is 233 g/mol. The summed E-state index contributed by atoms with van der Waals surface area (Å²) >= 11 is 0. The molecular weight excluding hydrogens is 222 g/mol. The zero-order valence-electron chi connectivity index (χ0n) is 8.05. The van der Waals surface area contributed by atoms with Crippen molar-refractivity contribution in [2.45, 2.75) is 9.79 Å². The van der Waals surface area contributed by atoms with Crippen LogP contribution in [0, 0.1) is 0 Å². The molecule has 2 aromatic carbocycles. The number of hydrogen-bond donors (Lipinski definition) is 2. The first-order valence-corrected chi connectivity index (χ1v) is 7.59. The van der Waals surface area contributed by atoms with Gasteiger partial charge in [-0.1, -0.05) is 51.2 Å². The zero-order chi connectivity index (χ0) is 10.1. The van der Waals surface area contributed by atoms with Crippen LogP contribution in [0.1, 0.15) is 0 Å². The molecule has 0 amide bonds. The monoisotopic (exact) mass is 233 g/mol. The van der Waals surface area contributed by atoms with Crippen molar-refractivity contribution in [3.63, 3.8) is 0 Å². The lowest BCUT2D eigenvalue weighted by atomic mass is 10.3. The molecule has 1 atom stereocenters. The first kappa shape index (κ1) is 9.19. The molecule has 1 nitrogen and oxygen atoms in total. The Balaban J connectivity index is 1.91. The second-order valence-electron chi connectivity index (χ2n) is 3.33. The number of benzene rings is 2. The third kappa shape index (κ3) is 1.73. The van der Waals surface area contributed by atoms with Gasteiger partial charge in [0.25, 0.3) is 0 Å². The Hall–Kier alpha value is -1.06. The topological polar surface area (TPSA) is 12.0 Å². The van der Waals surface area contributed by atoms with Gasteiger partial charge in [-0.2, -0.15) is 0 Å². The normalized spacial score (nSPS) is 20.7. The van der Waals surface area contributed by atoms with Crippen LogP contribution in [0.2, 0.25) is 0 Å². The van der Waals surface area contributed by atoms with E-state index in [1.807, 2.05) is 10.8 Å². The first-order valence-electron chi connectivity index (χ1n) is 4.82. The van der Waals surface area contributed by atoms with Crippen LogP contribution in [-0.4, -0.2) is 0 Å². The third-order valence-corrected chi connectivity index (χ3v) is 6.28. The molecule has 0 saturated heterocycles. The Morgan fingerprint density at radius 2 is 1.60 bits per heavy atom. The minimum atomic E-state index is -0.300. The van der Waals surface area contributed by atoms with Crippen LogP contribution in [0.15, 0.2) is 64.4 Å². The van der Waals surface area contributed by atoms with Crippen LogP contribution in [0.5, 0.6) is 0 Å². The van der Waals surface area contributed by atoms with Gasteiger partial charge in [-0.15, -0.1) is 0 Å². The summed E-state index contributed by atoms with van der Waals surface area (Å²) in [4.78, 5) is 2.76. The van der Waals surface area contributed by atoms with Crippen molar-refractivity contribution in [2.75, 3.05) is 4.72 Å². The van der Waals surface area contributed by atoms with Gasteiger partial charge in [-0.05, 0) is 24.3 Å². The number of nitrogens with one attached hydrogen (secondary N) is 1. The largest absolute Gasteiger partial charge is 0.336 e. The first-order chi connectivity index (χ1) is 7.43. The van der Waals surface area contributed by atoms with Crippen LogP contribution in [0.3, 0.4) is 0 Å². The Morgan fingerprint density at radius 3 is 2.40 bits per heavy atom. The van der Waals surface area contributed by atoms with Gasteiger partial charge in [-0.25, -0.2) is 0 Å². The Morgan fingerprint density at radius 1 is 0.867 bits per heavy atom. The second-order valence-corrected chi connectivity index (χ2v) is 6.92. The van der Waals surface area contributed by atoms with E-state index in [1.165, 1.54) is 15.5 Å². The molecule has 3 heteroatoms. The molecule has 2 aromatic rings. The lowest BCUT2D eigenvalue weighted by Crippen LogP contribution is -1.86. The summed E-state index contributed by atoms with van der Waals surface area (Å²) in [6.45, 7) is 0. The molecule has 1 aliphatic heterocycles. The summed E-state index contributed by atoms with van der Waals surface area (Å²) in [5.41, 5.74) is 1.28. The van der Waals surface area contributed by atoms with Crippen molar-refractivity contribution in [1.29, 1.82) is 0 Å². The van der Waals surface area contributed by atoms with Crippen LogP contribution in [-0.2, 0) is 0 Å². The fourth-order valence-corrected chi connectivity index (χ4v) is 5.50. The molecule has 1 heterocycles. The van der Waals surface area contributed by atoms with Crippen molar-refractivity contribution >= 4 is 26.6 Å². The molecule has 76 valence electrons. The van der Waals surface area contributed by atoms with E-state index in [2.05, 4.69) is 59.3 Å². The van der Waals surface area contributed by atoms with Gasteiger partial charge in [0.05, 0.1) is 5.69 Å². The molecule has 3 rings (SSSR count). The molecule has 0 bridgehead atoms. The Labute approximate surface area is 95.8 Å². The van der Waals surface area contributed by atoms with E-state index >= 15 is 0 Å². The molecule has 1 unspecified atom stereocenters. The molecule has 0 saturated carbocycles. The fraction of sp³-hybridized carbons (Fsp3) is 0. The summed E-state index contributed by atoms with van der Waals surface area (Å²) < 4.78 is 3.58. The zero-order valence-corrected chi connectivity index (χ0v) is 9.76. The maximum atomic E-state index is 3.58. The lowest BCUT2D eigenvalue weighted by molar-refractivity contribution is 1.46. The Kier molecular flexibility index (Phi) is 2.35. The van der Waals surface area contributed by atoms with E-state index < -0.39 is 0 Å². The molecule has 0 aromatic heterocycles. The number of fused-ring (bicyclic) bond motifs is 1. The summed E-state index contributed by atoms with van der Waals surface area (Å²) in [6.07, 6.45) is 0. The van der Waals surface area contributed by atoms with Crippen molar-refractivity contribution in [3.8, 4) is 0 Å². The van der Waals surface area contributed by atoms with E-state index in [0.717, 1.165) is 0 Å². The predicted octanol–water partition coefficient (Wildman–Crippen LogP) is 4.09. The quantitative estimate of drug-likeness (QED) is 0.568. The number of rotatable bonds is 1. The van der Waals surface area contributed by atoms with Crippen molar-refractivity contribution in [3.05, 3.63) is 54.6 Å². The molecule has 1 N–H and O–H groups in total. The number of anilines is 1. The maximum Gasteiger partial charge on any atom is 0.0580 e. The third-order valence-electron chi connectivity index (χ3n) is 2.29. The smallest absolute Gasteiger partial charge is 0.0580 e. The maximum absolute atomic E-state index is 3.58. The predicted molar refractivity (Wildman–Crippen MR) is 69.6 cm³/mol. The minimum absolute atomic E-state index is 0.300.